The first-order chi connectivity index (χ1) is 8.59. The highest BCUT2D eigenvalue weighted by atomic mass is 16.6. The van der Waals surface area contributed by atoms with Crippen LogP contribution in [0.5, 0.6) is 0 Å². The molecule has 6 heteroatoms. The summed E-state index contributed by atoms with van der Waals surface area (Å²) < 4.78 is 9.24. The van der Waals surface area contributed by atoms with Crippen LogP contribution in [0, 0.1) is 0 Å². The highest BCUT2D eigenvalue weighted by Gasteiger charge is 2.43. The van der Waals surface area contributed by atoms with E-state index in [1.165, 1.54) is 6.92 Å². The van der Waals surface area contributed by atoms with E-state index < -0.39 is 24.2 Å². The number of benzene rings is 1. The van der Waals surface area contributed by atoms with E-state index in [0.717, 1.165) is 5.56 Å². The maximum absolute atomic E-state index is 11.6. The van der Waals surface area contributed by atoms with Crippen molar-refractivity contribution in [1.82, 2.24) is 4.90 Å². The van der Waals surface area contributed by atoms with Crippen LogP contribution < -0.4 is 0 Å². The Bertz CT molecular complexity index is 485. The number of carbonyl (C=O) groups excluding carboxylic acids is 3. The fourth-order valence-electron chi connectivity index (χ4n) is 1.51. The number of nitrogens with zero attached hydrogens (tertiary/aromatic N) is 1. The van der Waals surface area contributed by atoms with Crippen LogP contribution in [0.1, 0.15) is 12.5 Å². The quantitative estimate of drug-likeness (QED) is 0.589. The van der Waals surface area contributed by atoms with E-state index in [9.17, 15) is 14.4 Å². The molecule has 0 aliphatic carbocycles. The van der Waals surface area contributed by atoms with Crippen molar-refractivity contribution in [2.24, 2.45) is 0 Å². The molecular weight excluding hydrogens is 238 g/mol. The van der Waals surface area contributed by atoms with Gasteiger partial charge in [-0.25, -0.2) is 14.4 Å². The lowest BCUT2D eigenvalue weighted by Gasteiger charge is -2.14. The molecule has 94 valence electrons. The van der Waals surface area contributed by atoms with Crippen LogP contribution >= 0.6 is 0 Å². The molecule has 1 unspecified atom stereocenters. The van der Waals surface area contributed by atoms with Crippen LogP contribution in [0.3, 0.4) is 0 Å². The molecule has 0 spiro atoms. The predicted molar refractivity (Wildman–Crippen MR) is 59.4 cm³/mol. The Kier molecular flexibility index (Phi) is 3.27. The van der Waals surface area contributed by atoms with Crippen molar-refractivity contribution in [3.63, 3.8) is 0 Å². The van der Waals surface area contributed by atoms with Crippen LogP contribution in [0.15, 0.2) is 30.3 Å². The average molecular weight is 249 g/mol. The molecule has 1 fully saturated rings. The fraction of sp³-hybridized carbons (Fsp3) is 0.250. The number of amides is 2. The molecule has 6 nitrogen and oxygen atoms in total. The number of esters is 1. The molecule has 0 N–H and O–H groups in total. The van der Waals surface area contributed by atoms with Gasteiger partial charge in [0.25, 0.3) is 0 Å². The summed E-state index contributed by atoms with van der Waals surface area (Å²) in [7, 11) is 0. The minimum Gasteiger partial charge on any atom is -0.444 e. The fourth-order valence-corrected chi connectivity index (χ4v) is 1.51. The van der Waals surface area contributed by atoms with E-state index in [1.54, 1.807) is 24.3 Å². The number of hydrogen-bond donors (Lipinski definition) is 0. The average Bonchev–Trinajstić information content (AvgIpc) is 2.62. The first-order valence-corrected chi connectivity index (χ1v) is 5.35. The largest absolute Gasteiger partial charge is 0.444 e. The monoisotopic (exact) mass is 249 g/mol. The smallest absolute Gasteiger partial charge is 0.427 e. The van der Waals surface area contributed by atoms with Crippen molar-refractivity contribution in [2.75, 3.05) is 0 Å². The molecule has 0 aromatic heterocycles. The Hall–Kier alpha value is -2.37. The van der Waals surface area contributed by atoms with Crippen molar-refractivity contribution in [3.05, 3.63) is 35.9 Å². The van der Waals surface area contributed by atoms with E-state index in [1.807, 2.05) is 6.07 Å². The SMILES string of the molecule is CC1C(=O)OC(=O)N1C(=O)OCc1ccccc1. The lowest BCUT2D eigenvalue weighted by molar-refractivity contribution is -0.135. The van der Waals surface area contributed by atoms with Gasteiger partial charge in [-0.05, 0) is 12.5 Å². The summed E-state index contributed by atoms with van der Waals surface area (Å²) in [5, 5.41) is 0. The van der Waals surface area contributed by atoms with Crippen LogP contribution in [0.2, 0.25) is 0 Å². The molecule has 0 bridgehead atoms. The minimum atomic E-state index is -0.995. The number of ether oxygens (including phenoxy) is 2. The molecule has 0 saturated carbocycles. The lowest BCUT2D eigenvalue weighted by atomic mass is 10.2. The number of imide groups is 1. The van der Waals surface area contributed by atoms with Crippen molar-refractivity contribution in [2.45, 2.75) is 19.6 Å². The van der Waals surface area contributed by atoms with Crippen molar-refractivity contribution in [3.8, 4) is 0 Å². The molecule has 18 heavy (non-hydrogen) atoms. The zero-order valence-corrected chi connectivity index (χ0v) is 9.66. The van der Waals surface area contributed by atoms with Crippen molar-refractivity contribution in [1.29, 1.82) is 0 Å². The zero-order chi connectivity index (χ0) is 13.1. The van der Waals surface area contributed by atoms with Gasteiger partial charge >= 0.3 is 18.2 Å². The maximum atomic E-state index is 11.6. The molecule has 0 radical (unpaired) electrons. The molecule has 1 saturated heterocycles. The first kappa shape index (κ1) is 12.1. The van der Waals surface area contributed by atoms with Gasteiger partial charge in [-0.3, -0.25) is 0 Å². The topological polar surface area (TPSA) is 72.9 Å². The number of hydrogen-bond acceptors (Lipinski definition) is 5. The van der Waals surface area contributed by atoms with Crippen molar-refractivity contribution < 1.29 is 23.9 Å². The number of cyclic esters (lactones) is 2. The Morgan fingerprint density at radius 2 is 2.00 bits per heavy atom. The van der Waals surface area contributed by atoms with E-state index >= 15 is 0 Å². The van der Waals surface area contributed by atoms with Crippen LogP contribution in [0.4, 0.5) is 9.59 Å². The third-order valence-corrected chi connectivity index (χ3v) is 2.51. The molecule has 1 aromatic rings. The molecule has 1 heterocycles. The van der Waals surface area contributed by atoms with Gasteiger partial charge in [0, 0.05) is 0 Å². The van der Waals surface area contributed by atoms with Gasteiger partial charge in [-0.2, -0.15) is 4.90 Å². The van der Waals surface area contributed by atoms with E-state index in [0.29, 0.717) is 4.90 Å². The second-order valence-corrected chi connectivity index (χ2v) is 3.77. The third-order valence-electron chi connectivity index (χ3n) is 2.51. The molecule has 2 amide bonds. The maximum Gasteiger partial charge on any atom is 0.427 e. The Morgan fingerprint density at radius 3 is 2.56 bits per heavy atom. The molecule has 2 rings (SSSR count). The van der Waals surface area contributed by atoms with Gasteiger partial charge < -0.3 is 9.47 Å². The highest BCUT2D eigenvalue weighted by molar-refractivity contribution is 6.03. The summed E-state index contributed by atoms with van der Waals surface area (Å²) in [6, 6.07) is 8.07. The van der Waals surface area contributed by atoms with Crippen LogP contribution in [-0.4, -0.2) is 29.1 Å². The molecular formula is C12H11NO5. The van der Waals surface area contributed by atoms with Gasteiger partial charge in [0.2, 0.25) is 0 Å². The van der Waals surface area contributed by atoms with E-state index in [4.69, 9.17) is 4.74 Å². The first-order valence-electron chi connectivity index (χ1n) is 5.35. The van der Waals surface area contributed by atoms with Gasteiger partial charge in [-0.15, -0.1) is 0 Å². The Labute approximate surface area is 103 Å². The van der Waals surface area contributed by atoms with E-state index in [-0.39, 0.29) is 6.61 Å². The third kappa shape index (κ3) is 2.32. The Balaban J connectivity index is 1.96. The normalized spacial score (nSPS) is 18.7. The van der Waals surface area contributed by atoms with Crippen LogP contribution in [0.25, 0.3) is 0 Å². The summed E-state index contributed by atoms with van der Waals surface area (Å²) in [4.78, 5) is 34.6. The van der Waals surface area contributed by atoms with E-state index in [2.05, 4.69) is 4.74 Å². The minimum absolute atomic E-state index is 0.0321. The number of carbonyl (C=O) groups is 3. The number of rotatable bonds is 2. The van der Waals surface area contributed by atoms with Crippen molar-refractivity contribution >= 4 is 18.2 Å². The lowest BCUT2D eigenvalue weighted by Crippen LogP contribution is -2.38. The summed E-state index contributed by atoms with van der Waals surface area (Å²) in [5.41, 5.74) is 0.789. The summed E-state index contributed by atoms with van der Waals surface area (Å²) >= 11 is 0. The zero-order valence-electron chi connectivity index (χ0n) is 9.66. The molecule has 1 aliphatic heterocycles. The predicted octanol–water partition coefficient (Wildman–Crippen LogP) is 1.69. The summed E-state index contributed by atoms with van der Waals surface area (Å²) in [6.45, 7) is 1.43. The summed E-state index contributed by atoms with van der Waals surface area (Å²) in [5.74, 6) is -0.753. The van der Waals surface area contributed by atoms with Gasteiger partial charge in [-0.1, -0.05) is 30.3 Å². The van der Waals surface area contributed by atoms with Gasteiger partial charge in [0.15, 0.2) is 0 Å². The second-order valence-electron chi connectivity index (χ2n) is 3.77. The molecule has 1 atom stereocenters. The van der Waals surface area contributed by atoms with Gasteiger partial charge in [0.05, 0.1) is 0 Å². The summed E-state index contributed by atoms with van der Waals surface area (Å²) in [6.07, 6.45) is -1.88. The molecule has 1 aliphatic rings. The highest BCUT2D eigenvalue weighted by Crippen LogP contribution is 2.15. The van der Waals surface area contributed by atoms with Gasteiger partial charge in [0.1, 0.15) is 12.6 Å². The Morgan fingerprint density at radius 1 is 1.33 bits per heavy atom. The standard InChI is InChI=1S/C12H11NO5/c1-8-10(14)18-12(16)13(8)11(15)17-7-9-5-3-2-4-6-9/h2-6,8H,7H2,1H3. The van der Waals surface area contributed by atoms with Crippen LogP contribution in [-0.2, 0) is 20.9 Å². The molecule has 1 aromatic carbocycles. The second kappa shape index (κ2) is 4.87.